The number of aromatic amines is 1. The van der Waals surface area contributed by atoms with Gasteiger partial charge in [-0.2, -0.15) is 0 Å². The van der Waals surface area contributed by atoms with Crippen LogP contribution in [0.5, 0.6) is 0 Å². The Labute approximate surface area is 170 Å². The number of nitrogens with zero attached hydrogens (tertiary/aromatic N) is 3. The van der Waals surface area contributed by atoms with E-state index in [1.54, 1.807) is 10.8 Å². The van der Waals surface area contributed by atoms with E-state index in [1.165, 1.54) is 4.57 Å². The molecule has 1 N–H and O–H groups in total. The molecule has 2 aromatic carbocycles. The van der Waals surface area contributed by atoms with Gasteiger partial charge in [0.15, 0.2) is 5.58 Å². The van der Waals surface area contributed by atoms with E-state index in [4.69, 9.17) is 4.42 Å². The molecule has 4 rings (SSSR count). The zero-order chi connectivity index (χ0) is 19.0. The second kappa shape index (κ2) is 7.15. The maximum absolute atomic E-state index is 11.7. The Kier molecular flexibility index (Phi) is 4.70. The summed E-state index contributed by atoms with van der Waals surface area (Å²) < 4.78 is 8.50. The van der Waals surface area contributed by atoms with Crippen LogP contribution in [0.4, 0.5) is 0 Å². The average molecular weight is 551 g/mol. The van der Waals surface area contributed by atoms with Crippen LogP contribution in [0.25, 0.3) is 33.1 Å². The summed E-state index contributed by atoms with van der Waals surface area (Å²) >= 11 is 0.849. The summed E-state index contributed by atoms with van der Waals surface area (Å²) in [6.07, 6.45) is 0.572. The van der Waals surface area contributed by atoms with Crippen molar-refractivity contribution in [3.8, 4) is 17.2 Å². The normalized spacial score (nSPS) is 12.8. The first kappa shape index (κ1) is 17.7. The third-order valence-corrected chi connectivity index (χ3v) is 5.20. The summed E-state index contributed by atoms with van der Waals surface area (Å²) in [5.41, 5.74) is 5.40. The molecule has 0 saturated carbocycles. The van der Waals surface area contributed by atoms with Crippen LogP contribution in [0.3, 0.4) is 0 Å². The predicted molar refractivity (Wildman–Crippen MR) is 106 cm³/mol. The quantitative estimate of drug-likeness (QED) is 0.313. The minimum atomic E-state index is -0.365. The summed E-state index contributed by atoms with van der Waals surface area (Å²) in [6, 6.07) is 15.9. The summed E-state index contributed by atoms with van der Waals surface area (Å²) in [5.74, 6) is -0.365. The molecule has 1 unspecified atom stereocenters. The first-order valence-corrected chi connectivity index (χ1v) is 10.6. The molecule has 4 aromatic rings. The third kappa shape index (κ3) is 3.35. The maximum atomic E-state index is 11.7. The van der Waals surface area contributed by atoms with Gasteiger partial charge in [0.25, 0.3) is 0 Å². The molecule has 27 heavy (non-hydrogen) atoms. The van der Waals surface area contributed by atoms with Gasteiger partial charge < -0.3 is 4.42 Å². The van der Waals surface area contributed by atoms with Crippen molar-refractivity contribution in [2.24, 2.45) is 12.0 Å². The molecule has 131 valence electrons. The zero-order valence-electron chi connectivity index (χ0n) is 14.6. The number of oxazole rings is 1. The summed E-state index contributed by atoms with van der Waals surface area (Å²) in [4.78, 5) is 19.3. The Bertz CT molecular complexity index is 1270. The van der Waals surface area contributed by atoms with Gasteiger partial charge >= 0.3 is 145 Å². The van der Waals surface area contributed by atoms with E-state index in [9.17, 15) is 10.1 Å². The zero-order valence-corrected chi connectivity index (χ0v) is 18.4. The second-order valence-electron chi connectivity index (χ2n) is 6.33. The molecular weight excluding hydrogens is 535 g/mol. The molecule has 0 aliphatic carbocycles. The first-order chi connectivity index (χ1) is 13.1. The van der Waals surface area contributed by atoms with Gasteiger partial charge in [0.05, 0.1) is 0 Å². The van der Waals surface area contributed by atoms with Gasteiger partial charge in [-0.05, 0) is 0 Å². The molecule has 6 nitrogen and oxygen atoms in total. The van der Waals surface area contributed by atoms with E-state index in [2.05, 4.69) is 40.3 Å². The Morgan fingerprint density at radius 2 is 2.07 bits per heavy atom. The molecule has 0 spiro atoms. The Morgan fingerprint density at radius 1 is 1.30 bits per heavy atom. The van der Waals surface area contributed by atoms with E-state index in [0.717, 1.165) is 59.0 Å². The van der Waals surface area contributed by atoms with Crippen molar-refractivity contribution in [1.82, 2.24) is 9.55 Å². The first-order valence-electron chi connectivity index (χ1n) is 8.39. The number of fused-ring (bicyclic) bond motifs is 2. The van der Waals surface area contributed by atoms with Crippen LogP contribution >= 0.6 is 0 Å². The number of hydrogen-bond donors (Lipinski definition) is 1. The van der Waals surface area contributed by atoms with E-state index < -0.39 is 0 Å². The molecular formula is C20H15N4O2Pb. The van der Waals surface area contributed by atoms with Crippen LogP contribution in [0.1, 0.15) is 5.69 Å². The van der Waals surface area contributed by atoms with Crippen molar-refractivity contribution in [1.29, 1.82) is 5.26 Å². The van der Waals surface area contributed by atoms with E-state index in [0.29, 0.717) is 12.0 Å². The van der Waals surface area contributed by atoms with Crippen molar-refractivity contribution < 1.29 is 4.42 Å². The topological polar surface area (TPSA) is 87.1 Å². The van der Waals surface area contributed by atoms with Crippen LogP contribution in [-0.4, -0.2) is 45.1 Å². The number of nitriles is 1. The molecule has 3 radical (unpaired) electrons. The predicted octanol–water partition coefficient (Wildman–Crippen LogP) is 2.91. The van der Waals surface area contributed by atoms with Crippen LogP contribution in [0.2, 0.25) is 0 Å². The fraction of sp³-hybridized carbons (Fsp3) is 0.150. The molecule has 7 heteroatoms. The van der Waals surface area contributed by atoms with Crippen molar-refractivity contribution >= 4 is 51.5 Å². The molecule has 0 bridgehead atoms. The fourth-order valence-electron chi connectivity index (χ4n) is 3.21. The van der Waals surface area contributed by atoms with Crippen LogP contribution in [0, 0.1) is 11.3 Å². The van der Waals surface area contributed by atoms with Gasteiger partial charge in [0.1, 0.15) is 0 Å². The summed E-state index contributed by atoms with van der Waals surface area (Å²) in [7, 11) is 1.70. The van der Waals surface area contributed by atoms with Gasteiger partial charge in [-0.15, -0.1) is 0 Å². The number of aromatic nitrogens is 2. The van der Waals surface area contributed by atoms with E-state index in [1.807, 2.05) is 18.2 Å². The third-order valence-electron chi connectivity index (χ3n) is 4.62. The van der Waals surface area contributed by atoms with Gasteiger partial charge in [0.2, 0.25) is 0 Å². The molecule has 0 saturated heterocycles. The summed E-state index contributed by atoms with van der Waals surface area (Å²) in [6.45, 7) is 0. The SMILES string of the molecule is Cn1c(=O)oc2ccc(-c3ccc4cc(CC(C#N)N=[CH][Pb])[nH]c4c3)cc21. The van der Waals surface area contributed by atoms with Crippen molar-refractivity contribution in [3.63, 3.8) is 0 Å². The van der Waals surface area contributed by atoms with Crippen molar-refractivity contribution in [3.05, 3.63) is 58.7 Å². The Balaban J connectivity index is 1.72. The van der Waals surface area contributed by atoms with Crippen LogP contribution in [0.15, 0.2) is 56.7 Å². The summed E-state index contributed by atoms with van der Waals surface area (Å²) in [5, 5.41) is 10.3. The van der Waals surface area contributed by atoms with Gasteiger partial charge in [0, 0.05) is 7.05 Å². The van der Waals surface area contributed by atoms with Gasteiger partial charge in [-0.1, -0.05) is 0 Å². The molecule has 0 aliphatic rings. The minimum absolute atomic E-state index is 0.347. The standard InChI is InChI=1S/C20H15N4O2.Pb/c1-22-16(11-21)10-15-7-14-4-3-12(8-17(14)23-15)13-5-6-19-18(9-13)24(2)20(25)26-19;/h1,3-9,16,23H,10H2,2H3;. The number of rotatable bonds is 4. The molecule has 0 aliphatic heterocycles. The van der Waals surface area contributed by atoms with Crippen LogP contribution < -0.4 is 5.76 Å². The van der Waals surface area contributed by atoms with E-state index >= 15 is 0 Å². The molecule has 1 atom stereocenters. The number of aliphatic imine (C=N–C) groups is 1. The fourth-order valence-corrected chi connectivity index (χ4v) is 3.91. The number of H-pyrrole nitrogens is 1. The van der Waals surface area contributed by atoms with Gasteiger partial charge in [-0.25, -0.2) is 4.79 Å². The van der Waals surface area contributed by atoms with E-state index in [-0.39, 0.29) is 11.8 Å². The monoisotopic (exact) mass is 551 g/mol. The number of nitrogens with one attached hydrogen (secondary N) is 1. The van der Waals surface area contributed by atoms with Crippen LogP contribution in [-0.2, 0) is 13.5 Å². The second-order valence-corrected chi connectivity index (χ2v) is 7.34. The molecule has 2 heterocycles. The van der Waals surface area contributed by atoms with Crippen molar-refractivity contribution in [2.75, 3.05) is 0 Å². The number of aryl methyl sites for hydroxylation is 1. The Morgan fingerprint density at radius 3 is 2.85 bits per heavy atom. The number of benzene rings is 2. The molecule has 0 amide bonds. The van der Waals surface area contributed by atoms with Gasteiger partial charge in [-0.3, -0.25) is 4.57 Å². The Hall–Kier alpha value is -2.67. The molecule has 0 fully saturated rings. The number of hydrogen-bond acceptors (Lipinski definition) is 4. The molecule has 2 aromatic heterocycles. The average Bonchev–Trinajstić information content (AvgIpc) is 3.20. The van der Waals surface area contributed by atoms with Crippen molar-refractivity contribution in [2.45, 2.75) is 12.5 Å².